The van der Waals surface area contributed by atoms with Gasteiger partial charge < -0.3 is 9.26 Å². The number of thiazole rings is 1. The highest BCUT2D eigenvalue weighted by atomic mass is 32.1. The molecule has 2 heterocycles. The summed E-state index contributed by atoms with van der Waals surface area (Å²) >= 11 is 1.40. The zero-order chi connectivity index (χ0) is 20.9. The summed E-state index contributed by atoms with van der Waals surface area (Å²) in [6.45, 7) is 3.95. The fraction of sp³-hybridized carbons (Fsp3) is 0.182. The van der Waals surface area contributed by atoms with E-state index in [4.69, 9.17) is 9.26 Å². The lowest BCUT2D eigenvalue weighted by Crippen LogP contribution is -2.20. The Kier molecular flexibility index (Phi) is 5.85. The summed E-state index contributed by atoms with van der Waals surface area (Å²) in [5, 5.41) is 9.31. The van der Waals surface area contributed by atoms with Crippen LogP contribution in [-0.2, 0) is 4.79 Å². The number of nitrogens with zero attached hydrogens (tertiary/aromatic N) is 3. The number of hydrogen-bond acceptors (Lipinski definition) is 7. The molecule has 0 spiro atoms. The molecule has 0 saturated heterocycles. The van der Waals surface area contributed by atoms with Gasteiger partial charge in [-0.2, -0.15) is 4.98 Å². The van der Waals surface area contributed by atoms with Crippen LogP contribution < -0.4 is 10.1 Å². The summed E-state index contributed by atoms with van der Waals surface area (Å²) < 4.78 is 11.2. The van der Waals surface area contributed by atoms with E-state index in [1.54, 1.807) is 6.07 Å². The summed E-state index contributed by atoms with van der Waals surface area (Å²) in [4.78, 5) is 21.1. The van der Waals surface area contributed by atoms with E-state index in [0.717, 1.165) is 11.3 Å². The minimum Gasteiger partial charge on any atom is -0.483 e. The fourth-order valence-corrected chi connectivity index (χ4v) is 3.60. The Hall–Kier alpha value is -3.52. The van der Waals surface area contributed by atoms with Gasteiger partial charge in [-0.3, -0.25) is 10.1 Å². The van der Waals surface area contributed by atoms with E-state index in [0.29, 0.717) is 34.1 Å². The van der Waals surface area contributed by atoms with Crippen LogP contribution in [0.25, 0.3) is 22.8 Å². The van der Waals surface area contributed by atoms with Crippen molar-refractivity contribution in [1.29, 1.82) is 0 Å². The number of carbonyl (C=O) groups excluding carboxylic acids is 1. The Bertz CT molecular complexity index is 1140. The molecule has 2 aromatic carbocycles. The number of anilines is 1. The number of hydrogen-bond donors (Lipinski definition) is 1. The van der Waals surface area contributed by atoms with Crippen molar-refractivity contribution in [3.63, 3.8) is 0 Å². The maximum Gasteiger partial charge on any atom is 0.264 e. The van der Waals surface area contributed by atoms with Gasteiger partial charge in [-0.15, -0.1) is 11.3 Å². The molecule has 0 aliphatic heterocycles. The van der Waals surface area contributed by atoms with Crippen molar-refractivity contribution in [2.24, 2.45) is 0 Å². The van der Waals surface area contributed by atoms with E-state index < -0.39 is 0 Å². The highest BCUT2D eigenvalue weighted by molar-refractivity contribution is 7.13. The minimum absolute atomic E-state index is 0.159. The molecule has 0 aliphatic rings. The van der Waals surface area contributed by atoms with Crippen LogP contribution in [0.5, 0.6) is 5.75 Å². The van der Waals surface area contributed by atoms with E-state index >= 15 is 0 Å². The van der Waals surface area contributed by atoms with Crippen LogP contribution >= 0.6 is 11.3 Å². The van der Waals surface area contributed by atoms with Gasteiger partial charge in [-0.05, 0) is 18.1 Å². The second kappa shape index (κ2) is 8.87. The van der Waals surface area contributed by atoms with Gasteiger partial charge >= 0.3 is 0 Å². The van der Waals surface area contributed by atoms with Crippen molar-refractivity contribution in [1.82, 2.24) is 15.1 Å². The third kappa shape index (κ3) is 4.55. The average molecular weight is 420 g/mol. The summed E-state index contributed by atoms with van der Waals surface area (Å²) in [7, 11) is 0. The third-order valence-electron chi connectivity index (χ3n) is 4.29. The van der Waals surface area contributed by atoms with Gasteiger partial charge in [-0.1, -0.05) is 61.5 Å². The highest BCUT2D eigenvalue weighted by Crippen LogP contribution is 2.30. The Labute approximate surface area is 177 Å². The standard InChI is InChI=1S/C22H20N4O3S/c1-14(2)17-13-30-22(23-17)24-19(27)12-28-18-11-7-6-10-16(18)21-25-20(26-29-21)15-8-4-3-5-9-15/h3-11,13-14H,12H2,1-2H3,(H,23,24,27). The third-order valence-corrected chi connectivity index (χ3v) is 5.07. The Balaban J connectivity index is 1.45. The van der Waals surface area contributed by atoms with E-state index in [-0.39, 0.29) is 12.5 Å². The van der Waals surface area contributed by atoms with Crippen molar-refractivity contribution in [2.75, 3.05) is 11.9 Å². The molecule has 0 unspecified atom stereocenters. The number of para-hydroxylation sites is 1. The van der Waals surface area contributed by atoms with Crippen molar-refractivity contribution >= 4 is 22.4 Å². The van der Waals surface area contributed by atoms with Gasteiger partial charge in [0.25, 0.3) is 11.8 Å². The quantitative estimate of drug-likeness (QED) is 0.452. The summed E-state index contributed by atoms with van der Waals surface area (Å²) in [5.41, 5.74) is 2.43. The molecule has 0 radical (unpaired) electrons. The van der Waals surface area contributed by atoms with Crippen molar-refractivity contribution in [3.8, 4) is 28.6 Å². The first-order valence-corrected chi connectivity index (χ1v) is 10.3. The molecule has 7 nitrogen and oxygen atoms in total. The lowest BCUT2D eigenvalue weighted by Gasteiger charge is -2.08. The second-order valence-corrected chi connectivity index (χ2v) is 7.71. The first-order valence-electron chi connectivity index (χ1n) is 9.47. The zero-order valence-corrected chi connectivity index (χ0v) is 17.3. The Morgan fingerprint density at radius 2 is 1.87 bits per heavy atom. The van der Waals surface area contributed by atoms with Gasteiger partial charge in [-0.25, -0.2) is 4.98 Å². The molecule has 30 heavy (non-hydrogen) atoms. The molecule has 0 aliphatic carbocycles. The highest BCUT2D eigenvalue weighted by Gasteiger charge is 2.16. The topological polar surface area (TPSA) is 90.1 Å². The van der Waals surface area contributed by atoms with Crippen molar-refractivity contribution in [2.45, 2.75) is 19.8 Å². The van der Waals surface area contributed by atoms with Crippen LogP contribution in [0.1, 0.15) is 25.5 Å². The maximum absolute atomic E-state index is 12.3. The van der Waals surface area contributed by atoms with Gasteiger partial charge in [0, 0.05) is 10.9 Å². The fourth-order valence-electron chi connectivity index (χ4n) is 2.71. The summed E-state index contributed by atoms with van der Waals surface area (Å²) in [6, 6.07) is 16.8. The SMILES string of the molecule is CC(C)c1csc(NC(=O)COc2ccccc2-c2nc(-c3ccccc3)no2)n1. The van der Waals surface area contributed by atoms with Crippen LogP contribution in [0.3, 0.4) is 0 Å². The molecular weight excluding hydrogens is 400 g/mol. The molecule has 1 amide bonds. The molecule has 152 valence electrons. The Morgan fingerprint density at radius 1 is 1.10 bits per heavy atom. The number of benzene rings is 2. The number of amides is 1. The number of aromatic nitrogens is 3. The largest absolute Gasteiger partial charge is 0.483 e. The lowest BCUT2D eigenvalue weighted by atomic mass is 10.2. The average Bonchev–Trinajstić information content (AvgIpc) is 3.43. The van der Waals surface area contributed by atoms with Crippen molar-refractivity contribution < 1.29 is 14.1 Å². The summed E-state index contributed by atoms with van der Waals surface area (Å²) in [6.07, 6.45) is 0. The normalized spacial score (nSPS) is 10.9. The van der Waals surface area contributed by atoms with Crippen LogP contribution in [0.2, 0.25) is 0 Å². The van der Waals surface area contributed by atoms with Gasteiger partial charge in [0.2, 0.25) is 5.82 Å². The first kappa shape index (κ1) is 19.8. The smallest absolute Gasteiger partial charge is 0.264 e. The van der Waals surface area contributed by atoms with E-state index in [9.17, 15) is 4.79 Å². The maximum atomic E-state index is 12.3. The molecule has 4 rings (SSSR count). The number of ether oxygens (including phenoxy) is 1. The van der Waals surface area contributed by atoms with Crippen LogP contribution in [-0.4, -0.2) is 27.6 Å². The first-order chi connectivity index (χ1) is 14.6. The molecule has 4 aromatic rings. The molecule has 1 N–H and O–H groups in total. The zero-order valence-electron chi connectivity index (χ0n) is 16.5. The molecule has 2 aromatic heterocycles. The number of nitrogens with one attached hydrogen (secondary N) is 1. The van der Waals surface area contributed by atoms with E-state index in [1.807, 2.05) is 53.9 Å². The van der Waals surface area contributed by atoms with E-state index in [1.165, 1.54) is 11.3 Å². The van der Waals surface area contributed by atoms with Crippen molar-refractivity contribution in [3.05, 3.63) is 65.7 Å². The minimum atomic E-state index is -0.287. The molecule has 0 fully saturated rings. The number of rotatable bonds is 7. The van der Waals surface area contributed by atoms with Crippen LogP contribution in [0.15, 0.2) is 64.5 Å². The van der Waals surface area contributed by atoms with Gasteiger partial charge in [0.1, 0.15) is 5.75 Å². The molecule has 8 heteroatoms. The molecule has 0 bridgehead atoms. The van der Waals surface area contributed by atoms with Crippen LogP contribution in [0.4, 0.5) is 5.13 Å². The predicted octanol–water partition coefficient (Wildman–Crippen LogP) is 5.00. The van der Waals surface area contributed by atoms with Crippen LogP contribution in [0, 0.1) is 0 Å². The molecule has 0 atom stereocenters. The monoisotopic (exact) mass is 420 g/mol. The van der Waals surface area contributed by atoms with Gasteiger partial charge in [0.15, 0.2) is 11.7 Å². The number of carbonyl (C=O) groups is 1. The van der Waals surface area contributed by atoms with Gasteiger partial charge in [0.05, 0.1) is 11.3 Å². The Morgan fingerprint density at radius 3 is 2.63 bits per heavy atom. The lowest BCUT2D eigenvalue weighted by molar-refractivity contribution is -0.118. The molecule has 0 saturated carbocycles. The second-order valence-electron chi connectivity index (χ2n) is 6.85. The predicted molar refractivity (Wildman–Crippen MR) is 115 cm³/mol. The summed E-state index contributed by atoms with van der Waals surface area (Å²) in [5.74, 6) is 1.32. The molecular formula is C22H20N4O3S. The van der Waals surface area contributed by atoms with E-state index in [2.05, 4.69) is 34.3 Å².